The highest BCUT2D eigenvalue weighted by molar-refractivity contribution is 6.31. The molecule has 0 radical (unpaired) electrons. The molecule has 0 aromatic carbocycles. The molecule has 0 spiro atoms. The van der Waals surface area contributed by atoms with Gasteiger partial charge in [-0.05, 0) is 6.07 Å². The summed E-state index contributed by atoms with van der Waals surface area (Å²) in [6.45, 7) is 0. The maximum Gasteiger partial charge on any atom is 0.266 e. The topological polar surface area (TPSA) is 12.9 Å². The van der Waals surface area contributed by atoms with Gasteiger partial charge >= 0.3 is 0 Å². The zero-order valence-electron chi connectivity index (χ0n) is 5.90. The molecule has 0 aliphatic heterocycles. The Labute approximate surface area is 78.3 Å². The molecule has 0 bridgehead atoms. The van der Waals surface area contributed by atoms with Crippen LogP contribution in [0.3, 0.4) is 0 Å². The molecule has 0 atom stereocenters. The lowest BCUT2D eigenvalue weighted by molar-refractivity contribution is 0.151. The van der Waals surface area contributed by atoms with Crippen molar-refractivity contribution >= 4 is 23.2 Å². The summed E-state index contributed by atoms with van der Waals surface area (Å²) in [6.07, 6.45) is -1.54. The zero-order valence-corrected chi connectivity index (χ0v) is 7.41. The van der Waals surface area contributed by atoms with E-state index < -0.39 is 6.43 Å². The molecule has 1 nitrogen and oxygen atoms in total. The number of hydrogen-bond donors (Lipinski definition) is 0. The molecule has 0 aliphatic carbocycles. The van der Waals surface area contributed by atoms with Crippen LogP contribution in [0.2, 0.25) is 5.02 Å². The summed E-state index contributed by atoms with van der Waals surface area (Å²) >= 11 is 10.9. The molecular weight excluding hydrogens is 207 g/mol. The Morgan fingerprint density at radius 2 is 2.17 bits per heavy atom. The van der Waals surface area contributed by atoms with Gasteiger partial charge in [-0.3, -0.25) is 4.98 Å². The molecule has 0 saturated heterocycles. The summed E-state index contributed by atoms with van der Waals surface area (Å²) < 4.78 is 24.2. The molecule has 0 unspecified atom stereocenters. The minimum atomic E-state index is -2.59. The van der Waals surface area contributed by atoms with Crippen molar-refractivity contribution in [2.45, 2.75) is 12.3 Å². The van der Waals surface area contributed by atoms with Crippen LogP contribution in [-0.2, 0) is 5.88 Å². The second-order valence-corrected chi connectivity index (χ2v) is 2.81. The molecule has 12 heavy (non-hydrogen) atoms. The van der Waals surface area contributed by atoms with Crippen LogP contribution in [0.1, 0.15) is 17.7 Å². The van der Waals surface area contributed by atoms with Gasteiger partial charge in [0.25, 0.3) is 6.43 Å². The molecule has 0 N–H and O–H groups in total. The van der Waals surface area contributed by atoms with Crippen molar-refractivity contribution in [1.82, 2.24) is 4.98 Å². The van der Waals surface area contributed by atoms with E-state index in [1.165, 1.54) is 6.07 Å². The van der Waals surface area contributed by atoms with Crippen molar-refractivity contribution < 1.29 is 8.78 Å². The fraction of sp³-hybridized carbons (Fsp3) is 0.286. The summed E-state index contributed by atoms with van der Waals surface area (Å²) in [6, 6.07) is 1.34. The van der Waals surface area contributed by atoms with Gasteiger partial charge in [0, 0.05) is 6.20 Å². The quantitative estimate of drug-likeness (QED) is 0.684. The second-order valence-electron chi connectivity index (χ2n) is 2.13. The number of rotatable bonds is 2. The summed E-state index contributed by atoms with van der Waals surface area (Å²) in [5.74, 6) is 0.170. The maximum absolute atomic E-state index is 12.1. The van der Waals surface area contributed by atoms with E-state index in [1.54, 1.807) is 0 Å². The summed E-state index contributed by atoms with van der Waals surface area (Å²) in [7, 11) is 0. The van der Waals surface area contributed by atoms with Gasteiger partial charge in [0.1, 0.15) is 0 Å². The number of alkyl halides is 3. The van der Waals surface area contributed by atoms with Crippen LogP contribution in [0.25, 0.3) is 0 Å². The van der Waals surface area contributed by atoms with E-state index in [0.29, 0.717) is 5.69 Å². The summed E-state index contributed by atoms with van der Waals surface area (Å²) in [5.41, 5.74) is 0.233. The number of nitrogens with zero attached hydrogens (tertiary/aromatic N) is 1. The van der Waals surface area contributed by atoms with Gasteiger partial charge in [-0.2, -0.15) is 0 Å². The largest absolute Gasteiger partial charge is 0.266 e. The van der Waals surface area contributed by atoms with Gasteiger partial charge in [-0.25, -0.2) is 8.78 Å². The third-order valence-corrected chi connectivity index (χ3v) is 1.91. The third kappa shape index (κ3) is 2.05. The van der Waals surface area contributed by atoms with Crippen molar-refractivity contribution in [2.75, 3.05) is 0 Å². The van der Waals surface area contributed by atoms with Crippen LogP contribution in [0.5, 0.6) is 0 Å². The molecule has 66 valence electrons. The van der Waals surface area contributed by atoms with Crippen molar-refractivity contribution in [3.8, 4) is 0 Å². The predicted molar refractivity (Wildman–Crippen MR) is 43.8 cm³/mol. The minimum absolute atomic E-state index is 0.00986. The normalized spacial score (nSPS) is 10.8. The van der Waals surface area contributed by atoms with Gasteiger partial charge in [0.2, 0.25) is 0 Å². The Bertz CT molecular complexity index is 278. The van der Waals surface area contributed by atoms with Gasteiger partial charge in [0.15, 0.2) is 0 Å². The Morgan fingerprint density at radius 1 is 1.50 bits per heavy atom. The van der Waals surface area contributed by atoms with Gasteiger partial charge < -0.3 is 0 Å². The van der Waals surface area contributed by atoms with Crippen LogP contribution in [0.4, 0.5) is 8.78 Å². The van der Waals surface area contributed by atoms with Gasteiger partial charge in [0.05, 0.1) is 22.2 Å². The second kappa shape index (κ2) is 4.01. The predicted octanol–water partition coefficient (Wildman–Crippen LogP) is 3.41. The SMILES string of the molecule is FC(F)c1cnc(CCl)cc1Cl. The van der Waals surface area contributed by atoms with Crippen LogP contribution < -0.4 is 0 Å². The third-order valence-electron chi connectivity index (χ3n) is 1.31. The molecular formula is C7H5Cl2F2N. The van der Waals surface area contributed by atoms with E-state index in [4.69, 9.17) is 23.2 Å². The molecule has 1 aromatic rings. The zero-order chi connectivity index (χ0) is 9.14. The first-order valence-corrected chi connectivity index (χ1v) is 4.05. The Morgan fingerprint density at radius 3 is 2.58 bits per heavy atom. The highest BCUT2D eigenvalue weighted by atomic mass is 35.5. The van der Waals surface area contributed by atoms with Crippen LogP contribution in [0.15, 0.2) is 12.3 Å². The minimum Gasteiger partial charge on any atom is -0.259 e. The number of hydrogen-bond acceptors (Lipinski definition) is 1. The van der Waals surface area contributed by atoms with E-state index >= 15 is 0 Å². The Hall–Kier alpha value is -0.410. The van der Waals surface area contributed by atoms with E-state index in [0.717, 1.165) is 6.20 Å². The highest BCUT2D eigenvalue weighted by Crippen LogP contribution is 2.26. The highest BCUT2D eigenvalue weighted by Gasteiger charge is 2.12. The monoisotopic (exact) mass is 211 g/mol. The molecule has 0 fully saturated rings. The maximum atomic E-state index is 12.1. The molecule has 1 rings (SSSR count). The van der Waals surface area contributed by atoms with Crippen LogP contribution in [0, 0.1) is 0 Å². The van der Waals surface area contributed by atoms with Crippen molar-refractivity contribution in [2.24, 2.45) is 0 Å². The van der Waals surface area contributed by atoms with Gasteiger partial charge in [-0.15, -0.1) is 11.6 Å². The van der Waals surface area contributed by atoms with E-state index in [9.17, 15) is 8.78 Å². The average Bonchev–Trinajstić information content (AvgIpc) is 2.03. The molecule has 0 saturated carbocycles. The van der Waals surface area contributed by atoms with E-state index in [2.05, 4.69) is 4.98 Å². The first-order valence-electron chi connectivity index (χ1n) is 3.13. The van der Waals surface area contributed by atoms with E-state index in [1.807, 2.05) is 0 Å². The molecule has 1 aromatic heterocycles. The first-order chi connectivity index (χ1) is 5.65. The first kappa shape index (κ1) is 9.68. The number of aromatic nitrogens is 1. The molecule has 0 amide bonds. The lowest BCUT2D eigenvalue weighted by Crippen LogP contribution is -1.91. The van der Waals surface area contributed by atoms with Crippen molar-refractivity contribution in [3.63, 3.8) is 0 Å². The smallest absolute Gasteiger partial charge is 0.259 e. The standard InChI is InChI=1S/C7H5Cl2F2N/c8-2-4-1-6(9)5(3-12-4)7(10)11/h1,3,7H,2H2. The Kier molecular flexibility index (Phi) is 3.23. The fourth-order valence-corrected chi connectivity index (χ4v) is 1.12. The molecule has 0 aliphatic rings. The van der Waals surface area contributed by atoms with Gasteiger partial charge in [-0.1, -0.05) is 11.6 Å². The summed E-state index contributed by atoms with van der Waals surface area (Å²) in [5, 5.41) is 0.00986. The van der Waals surface area contributed by atoms with Crippen molar-refractivity contribution in [3.05, 3.63) is 28.5 Å². The fourth-order valence-electron chi connectivity index (χ4n) is 0.715. The van der Waals surface area contributed by atoms with Crippen LogP contribution >= 0.6 is 23.2 Å². The molecule has 1 heterocycles. The lowest BCUT2D eigenvalue weighted by atomic mass is 10.2. The molecule has 5 heteroatoms. The lowest BCUT2D eigenvalue weighted by Gasteiger charge is -2.02. The van der Waals surface area contributed by atoms with E-state index in [-0.39, 0.29) is 16.5 Å². The van der Waals surface area contributed by atoms with Crippen molar-refractivity contribution in [1.29, 1.82) is 0 Å². The average molecular weight is 212 g/mol. The number of halogens is 4. The summed E-state index contributed by atoms with van der Waals surface area (Å²) in [4.78, 5) is 3.68. The Balaban J connectivity index is 3.03. The van der Waals surface area contributed by atoms with Crippen LogP contribution in [-0.4, -0.2) is 4.98 Å². The number of pyridine rings is 1.